The van der Waals surface area contributed by atoms with Gasteiger partial charge in [0.2, 0.25) is 0 Å². The van der Waals surface area contributed by atoms with Gasteiger partial charge in [0.1, 0.15) is 12.0 Å². The third-order valence-electron chi connectivity index (χ3n) is 4.78. The highest BCUT2D eigenvalue weighted by Crippen LogP contribution is 2.29. The lowest BCUT2D eigenvalue weighted by Gasteiger charge is -2.08. The number of hydrogen-bond donors (Lipinski definition) is 1. The molecule has 0 aliphatic rings. The second-order valence-electron chi connectivity index (χ2n) is 6.89. The minimum atomic E-state index is -0.549. The highest BCUT2D eigenvalue weighted by atomic mass is 32.1. The fraction of sp³-hybridized carbons (Fsp3) is 0. The number of para-hydroxylation sites is 1. The Hall–Kier alpha value is -5.02. The third kappa shape index (κ3) is 3.83. The molecule has 164 valence electrons. The van der Waals surface area contributed by atoms with Crippen LogP contribution in [0.15, 0.2) is 67.0 Å². The summed E-state index contributed by atoms with van der Waals surface area (Å²) in [5, 5.41) is 18.5. The van der Waals surface area contributed by atoms with Crippen LogP contribution in [-0.2, 0) is 0 Å². The maximum absolute atomic E-state index is 12.8. The van der Waals surface area contributed by atoms with E-state index in [2.05, 4.69) is 30.2 Å². The lowest BCUT2D eigenvalue weighted by molar-refractivity contribution is -0.380. The zero-order valence-electron chi connectivity index (χ0n) is 17.1. The number of nitro groups is 1. The van der Waals surface area contributed by atoms with Gasteiger partial charge in [-0.15, -0.1) is 4.98 Å². The van der Waals surface area contributed by atoms with Gasteiger partial charge in [0, 0.05) is 6.07 Å². The molecule has 0 bridgehead atoms. The highest BCUT2D eigenvalue weighted by Gasteiger charge is 2.20. The van der Waals surface area contributed by atoms with Gasteiger partial charge in [-0.1, -0.05) is 42.2 Å². The average Bonchev–Trinajstić information content (AvgIpc) is 3.53. The first-order valence-electron chi connectivity index (χ1n) is 9.74. The van der Waals surface area contributed by atoms with E-state index in [-0.39, 0.29) is 27.3 Å². The van der Waals surface area contributed by atoms with Crippen LogP contribution < -0.4 is 5.32 Å². The molecular formula is C22H12N8O3S. The van der Waals surface area contributed by atoms with Gasteiger partial charge in [0.25, 0.3) is 11.7 Å². The molecule has 0 unspecified atom stereocenters. The van der Waals surface area contributed by atoms with E-state index in [1.54, 1.807) is 23.0 Å². The number of aromatic nitrogens is 5. The molecule has 5 aromatic rings. The summed E-state index contributed by atoms with van der Waals surface area (Å²) in [6.07, 6.45) is 3.02. The van der Waals surface area contributed by atoms with Gasteiger partial charge in [-0.25, -0.2) is 14.6 Å². The Kier molecular flexibility index (Phi) is 5.21. The maximum atomic E-state index is 12.8. The Balaban J connectivity index is 1.63. The Morgan fingerprint density at radius 1 is 1.09 bits per heavy atom. The van der Waals surface area contributed by atoms with Crippen molar-refractivity contribution in [1.82, 2.24) is 24.7 Å². The van der Waals surface area contributed by atoms with Crippen LogP contribution in [0.25, 0.3) is 33.0 Å². The van der Waals surface area contributed by atoms with E-state index in [1.807, 2.05) is 30.3 Å². The summed E-state index contributed by atoms with van der Waals surface area (Å²) in [6, 6.07) is 15.2. The SMILES string of the molecule is [C-]#[N+]c1ccc(-c2nc(NC(=O)c3ccc([N+](=O)[O-])s3)c3cnn(-c4ccccc4)c3n2)cn1. The molecule has 0 atom stereocenters. The van der Waals surface area contributed by atoms with E-state index < -0.39 is 10.8 Å². The number of nitrogens with zero attached hydrogens (tertiary/aromatic N) is 7. The van der Waals surface area contributed by atoms with Crippen molar-refractivity contribution >= 4 is 44.9 Å². The number of fused-ring (bicyclic) bond motifs is 1. The van der Waals surface area contributed by atoms with E-state index in [4.69, 9.17) is 6.57 Å². The fourth-order valence-corrected chi connectivity index (χ4v) is 3.91. The molecule has 1 aromatic carbocycles. The van der Waals surface area contributed by atoms with Crippen LogP contribution in [0.2, 0.25) is 0 Å². The molecule has 0 radical (unpaired) electrons. The van der Waals surface area contributed by atoms with E-state index in [9.17, 15) is 14.9 Å². The number of benzene rings is 1. The number of rotatable bonds is 5. The van der Waals surface area contributed by atoms with Crippen molar-refractivity contribution in [2.75, 3.05) is 5.32 Å². The quantitative estimate of drug-likeness (QED) is 0.225. The van der Waals surface area contributed by atoms with Crippen molar-refractivity contribution in [2.24, 2.45) is 0 Å². The summed E-state index contributed by atoms with van der Waals surface area (Å²) in [6.45, 7) is 7.08. The van der Waals surface area contributed by atoms with Crippen molar-refractivity contribution < 1.29 is 9.72 Å². The zero-order chi connectivity index (χ0) is 23.7. The predicted octanol–water partition coefficient (Wildman–Crippen LogP) is 4.65. The van der Waals surface area contributed by atoms with Gasteiger partial charge in [-0.05, 0) is 24.3 Å². The lowest BCUT2D eigenvalue weighted by Crippen LogP contribution is -2.12. The molecule has 1 N–H and O–H groups in total. The normalized spacial score (nSPS) is 10.7. The molecule has 0 spiro atoms. The number of anilines is 1. The van der Waals surface area contributed by atoms with Crippen LogP contribution in [-0.4, -0.2) is 35.6 Å². The summed E-state index contributed by atoms with van der Waals surface area (Å²) >= 11 is 0.767. The third-order valence-corrected chi connectivity index (χ3v) is 5.81. The second kappa shape index (κ2) is 8.49. The van der Waals surface area contributed by atoms with Crippen LogP contribution in [0.5, 0.6) is 0 Å². The minimum absolute atomic E-state index is 0.137. The monoisotopic (exact) mass is 468 g/mol. The van der Waals surface area contributed by atoms with Gasteiger partial charge in [0.15, 0.2) is 11.5 Å². The minimum Gasteiger partial charge on any atom is -0.361 e. The smallest absolute Gasteiger partial charge is 0.324 e. The highest BCUT2D eigenvalue weighted by molar-refractivity contribution is 7.17. The number of carbonyl (C=O) groups is 1. The Morgan fingerprint density at radius 2 is 1.91 bits per heavy atom. The van der Waals surface area contributed by atoms with Gasteiger partial charge in [-0.2, -0.15) is 5.10 Å². The molecule has 0 aliphatic carbocycles. The van der Waals surface area contributed by atoms with Gasteiger partial charge in [0.05, 0.1) is 32.6 Å². The van der Waals surface area contributed by atoms with Crippen LogP contribution in [0.3, 0.4) is 0 Å². The van der Waals surface area contributed by atoms with Crippen molar-refractivity contribution in [1.29, 1.82) is 0 Å². The largest absolute Gasteiger partial charge is 0.361 e. The molecule has 0 aliphatic heterocycles. The summed E-state index contributed by atoms with van der Waals surface area (Å²) < 4.78 is 1.62. The summed E-state index contributed by atoms with van der Waals surface area (Å²) in [4.78, 5) is 39.9. The molecule has 5 rings (SSSR count). The lowest BCUT2D eigenvalue weighted by atomic mass is 10.2. The molecule has 0 saturated carbocycles. The van der Waals surface area contributed by atoms with Crippen LogP contribution >= 0.6 is 11.3 Å². The summed E-state index contributed by atoms with van der Waals surface area (Å²) in [7, 11) is 0. The molecule has 12 heteroatoms. The number of thiophene rings is 1. The van der Waals surface area contributed by atoms with Crippen molar-refractivity contribution in [3.05, 3.63) is 93.4 Å². The first-order chi connectivity index (χ1) is 16.5. The summed E-state index contributed by atoms with van der Waals surface area (Å²) in [5.41, 5.74) is 1.74. The molecule has 11 nitrogen and oxygen atoms in total. The molecule has 1 amide bonds. The van der Waals surface area contributed by atoms with Gasteiger partial charge < -0.3 is 10.2 Å². The molecule has 34 heavy (non-hydrogen) atoms. The van der Waals surface area contributed by atoms with Gasteiger partial charge >= 0.3 is 5.00 Å². The first kappa shape index (κ1) is 20.9. The van der Waals surface area contributed by atoms with E-state index in [0.717, 1.165) is 17.0 Å². The van der Waals surface area contributed by atoms with Crippen LogP contribution in [0.4, 0.5) is 16.6 Å². The summed E-state index contributed by atoms with van der Waals surface area (Å²) in [5.74, 6) is 0.143. The average molecular weight is 468 g/mol. The van der Waals surface area contributed by atoms with Crippen molar-refractivity contribution in [3.8, 4) is 17.1 Å². The molecule has 4 aromatic heterocycles. The number of carbonyl (C=O) groups excluding carboxylic acids is 1. The molecule has 4 heterocycles. The Bertz CT molecular complexity index is 1590. The van der Waals surface area contributed by atoms with E-state index in [0.29, 0.717) is 16.6 Å². The fourth-order valence-electron chi connectivity index (χ4n) is 3.19. The van der Waals surface area contributed by atoms with Crippen LogP contribution in [0.1, 0.15) is 9.67 Å². The predicted molar refractivity (Wildman–Crippen MR) is 125 cm³/mol. The van der Waals surface area contributed by atoms with E-state index >= 15 is 0 Å². The van der Waals surface area contributed by atoms with E-state index in [1.165, 1.54) is 18.3 Å². The maximum Gasteiger partial charge on any atom is 0.324 e. The first-order valence-corrected chi connectivity index (χ1v) is 10.6. The standard InChI is InChI=1S/C22H12N8O3S/c1-23-17-9-7-13(11-24-17)19-26-20(28-22(31)16-8-10-18(34-16)30(32)33)15-12-25-29(21(15)27-19)14-5-3-2-4-6-14/h2-12H,(H,26,27,28,31). The Morgan fingerprint density at radius 3 is 2.59 bits per heavy atom. The van der Waals surface area contributed by atoms with Crippen molar-refractivity contribution in [3.63, 3.8) is 0 Å². The second-order valence-corrected chi connectivity index (χ2v) is 7.95. The number of hydrogen-bond acceptors (Lipinski definition) is 8. The number of amides is 1. The molecule has 0 saturated heterocycles. The topological polar surface area (TPSA) is 133 Å². The van der Waals surface area contributed by atoms with Crippen LogP contribution in [0, 0.1) is 16.7 Å². The number of nitrogens with one attached hydrogen (secondary N) is 1. The van der Waals surface area contributed by atoms with Crippen molar-refractivity contribution in [2.45, 2.75) is 0 Å². The zero-order valence-corrected chi connectivity index (χ0v) is 17.9. The molecular weight excluding hydrogens is 456 g/mol. The molecule has 0 fully saturated rings. The number of pyridine rings is 1. The Labute approximate surface area is 195 Å². The van der Waals surface area contributed by atoms with Gasteiger partial charge in [-0.3, -0.25) is 14.9 Å².